The summed E-state index contributed by atoms with van der Waals surface area (Å²) in [5, 5.41) is 9.25. The maximum absolute atomic E-state index is 12.7. The Kier molecular flexibility index (Phi) is 5.07. The van der Waals surface area contributed by atoms with E-state index in [-0.39, 0.29) is 12.5 Å². The van der Waals surface area contributed by atoms with Crippen molar-refractivity contribution in [2.24, 2.45) is 5.92 Å². The van der Waals surface area contributed by atoms with Crippen LogP contribution >= 0.6 is 0 Å². The standard InChI is InChI=1S/C13H26N2O4S/c1-13(19-2)6-4-8-15(11-13)20(17,18)14-7-3-5-12(9-14)10-16/h12,16H,3-11H2,1-2H3. The number of hydrogen-bond donors (Lipinski definition) is 1. The Morgan fingerprint density at radius 3 is 2.65 bits per heavy atom. The second-order valence-corrected chi connectivity index (χ2v) is 8.08. The van der Waals surface area contributed by atoms with Gasteiger partial charge >= 0.3 is 0 Å². The molecule has 2 unspecified atom stereocenters. The van der Waals surface area contributed by atoms with E-state index in [0.717, 1.165) is 25.7 Å². The highest BCUT2D eigenvalue weighted by atomic mass is 32.2. The van der Waals surface area contributed by atoms with Gasteiger partial charge in [0.05, 0.1) is 5.60 Å². The maximum Gasteiger partial charge on any atom is 0.282 e. The fourth-order valence-corrected chi connectivity index (χ4v) is 4.95. The Morgan fingerprint density at radius 1 is 1.30 bits per heavy atom. The molecule has 2 rings (SSSR count). The predicted molar refractivity (Wildman–Crippen MR) is 76.5 cm³/mol. The zero-order chi connectivity index (χ0) is 14.8. The largest absolute Gasteiger partial charge is 0.396 e. The lowest BCUT2D eigenvalue weighted by molar-refractivity contribution is -0.0333. The first-order valence-electron chi connectivity index (χ1n) is 7.32. The smallest absolute Gasteiger partial charge is 0.282 e. The van der Waals surface area contributed by atoms with E-state index in [1.807, 2.05) is 6.92 Å². The topological polar surface area (TPSA) is 70.1 Å². The fourth-order valence-electron chi connectivity index (χ4n) is 3.07. The summed E-state index contributed by atoms with van der Waals surface area (Å²) in [7, 11) is -1.80. The molecule has 0 radical (unpaired) electrons. The second-order valence-electron chi connectivity index (χ2n) is 6.15. The van der Waals surface area contributed by atoms with Crippen LogP contribution < -0.4 is 0 Å². The molecule has 2 aliphatic rings. The van der Waals surface area contributed by atoms with Gasteiger partial charge in [-0.05, 0) is 38.5 Å². The van der Waals surface area contributed by atoms with Crippen LogP contribution in [0.4, 0.5) is 0 Å². The van der Waals surface area contributed by atoms with Crippen molar-refractivity contribution in [3.63, 3.8) is 0 Å². The highest BCUT2D eigenvalue weighted by molar-refractivity contribution is 7.86. The summed E-state index contributed by atoms with van der Waals surface area (Å²) < 4.78 is 34.0. The molecule has 0 amide bonds. The number of aliphatic hydroxyl groups excluding tert-OH is 1. The van der Waals surface area contributed by atoms with Crippen LogP contribution in [0.5, 0.6) is 0 Å². The lowest BCUT2D eigenvalue weighted by Crippen LogP contribution is -2.55. The molecule has 0 aromatic heterocycles. The van der Waals surface area contributed by atoms with Gasteiger partial charge in [-0.1, -0.05) is 0 Å². The van der Waals surface area contributed by atoms with E-state index in [9.17, 15) is 13.5 Å². The van der Waals surface area contributed by atoms with Gasteiger partial charge in [-0.25, -0.2) is 0 Å². The van der Waals surface area contributed by atoms with Crippen LogP contribution in [0.3, 0.4) is 0 Å². The number of nitrogens with zero attached hydrogens (tertiary/aromatic N) is 2. The normalized spacial score (nSPS) is 34.2. The van der Waals surface area contributed by atoms with E-state index in [4.69, 9.17) is 4.74 Å². The molecule has 2 atom stereocenters. The number of methoxy groups -OCH3 is 1. The van der Waals surface area contributed by atoms with Gasteiger partial charge in [-0.2, -0.15) is 17.0 Å². The van der Waals surface area contributed by atoms with Crippen molar-refractivity contribution in [2.75, 3.05) is 39.9 Å². The molecule has 6 nitrogen and oxygen atoms in total. The molecule has 2 heterocycles. The molecule has 7 heteroatoms. The first kappa shape index (κ1) is 16.2. The number of ether oxygens (including phenoxy) is 1. The third-order valence-electron chi connectivity index (χ3n) is 4.51. The first-order chi connectivity index (χ1) is 9.41. The van der Waals surface area contributed by atoms with Crippen LogP contribution in [-0.2, 0) is 14.9 Å². The van der Waals surface area contributed by atoms with Gasteiger partial charge in [0, 0.05) is 39.9 Å². The van der Waals surface area contributed by atoms with Crippen LogP contribution in [0, 0.1) is 5.92 Å². The molecule has 20 heavy (non-hydrogen) atoms. The quantitative estimate of drug-likeness (QED) is 0.818. The molecule has 0 saturated carbocycles. The SMILES string of the molecule is COC1(C)CCCN(S(=O)(=O)N2CCCC(CO)C2)C1. The molecule has 118 valence electrons. The highest BCUT2D eigenvalue weighted by Gasteiger charge is 2.40. The number of rotatable bonds is 4. The highest BCUT2D eigenvalue weighted by Crippen LogP contribution is 2.28. The van der Waals surface area contributed by atoms with E-state index in [1.165, 1.54) is 4.31 Å². The molecular weight excluding hydrogens is 280 g/mol. The fraction of sp³-hybridized carbons (Fsp3) is 1.00. The zero-order valence-electron chi connectivity index (χ0n) is 12.4. The van der Waals surface area contributed by atoms with E-state index < -0.39 is 15.8 Å². The summed E-state index contributed by atoms with van der Waals surface area (Å²) in [4.78, 5) is 0. The molecule has 1 N–H and O–H groups in total. The lowest BCUT2D eigenvalue weighted by atomic mass is 9.96. The molecule has 2 aliphatic heterocycles. The molecule has 2 saturated heterocycles. The van der Waals surface area contributed by atoms with Gasteiger partial charge in [-0.15, -0.1) is 0 Å². The van der Waals surface area contributed by atoms with E-state index in [1.54, 1.807) is 11.4 Å². The molecule has 0 aromatic rings. The van der Waals surface area contributed by atoms with Crippen molar-refractivity contribution in [1.82, 2.24) is 8.61 Å². The molecule has 0 spiro atoms. The second kappa shape index (κ2) is 6.27. The van der Waals surface area contributed by atoms with Crippen LogP contribution in [-0.4, -0.2) is 67.6 Å². The van der Waals surface area contributed by atoms with Crippen LogP contribution in [0.15, 0.2) is 0 Å². The average molecular weight is 306 g/mol. The summed E-state index contributed by atoms with van der Waals surface area (Å²) >= 11 is 0. The van der Waals surface area contributed by atoms with Crippen molar-refractivity contribution in [1.29, 1.82) is 0 Å². The van der Waals surface area contributed by atoms with Gasteiger partial charge in [0.15, 0.2) is 0 Å². The minimum atomic E-state index is -3.43. The van der Waals surface area contributed by atoms with Crippen molar-refractivity contribution in [3.05, 3.63) is 0 Å². The third-order valence-corrected chi connectivity index (χ3v) is 6.46. The molecule has 0 bridgehead atoms. The van der Waals surface area contributed by atoms with Gasteiger partial charge in [-0.3, -0.25) is 0 Å². The number of hydrogen-bond acceptors (Lipinski definition) is 4. The lowest BCUT2D eigenvalue weighted by Gasteiger charge is -2.41. The van der Waals surface area contributed by atoms with Crippen molar-refractivity contribution in [3.8, 4) is 0 Å². The van der Waals surface area contributed by atoms with Crippen LogP contribution in [0.1, 0.15) is 32.6 Å². The van der Waals surface area contributed by atoms with Gasteiger partial charge in [0.1, 0.15) is 0 Å². The summed E-state index contributed by atoms with van der Waals surface area (Å²) in [6, 6.07) is 0. The molecule has 0 aromatic carbocycles. The Morgan fingerprint density at radius 2 is 2.00 bits per heavy atom. The predicted octanol–water partition coefficient (Wildman–Crippen LogP) is 0.436. The molecular formula is C13H26N2O4S. The first-order valence-corrected chi connectivity index (χ1v) is 8.72. The maximum atomic E-state index is 12.7. The van der Waals surface area contributed by atoms with Crippen molar-refractivity contribution in [2.45, 2.75) is 38.2 Å². The number of piperidine rings is 2. The van der Waals surface area contributed by atoms with Gasteiger partial charge < -0.3 is 9.84 Å². The summed E-state index contributed by atoms with van der Waals surface area (Å²) in [5.74, 6) is 0.0668. The Bertz CT molecular complexity index is 428. The minimum Gasteiger partial charge on any atom is -0.396 e. The zero-order valence-corrected chi connectivity index (χ0v) is 13.2. The monoisotopic (exact) mass is 306 g/mol. The number of aliphatic hydroxyl groups is 1. The minimum absolute atomic E-state index is 0.0573. The van der Waals surface area contributed by atoms with Gasteiger partial charge in [0.25, 0.3) is 10.2 Å². The Labute approximate surface area is 121 Å². The summed E-state index contributed by atoms with van der Waals surface area (Å²) in [6.45, 7) is 3.97. The third kappa shape index (κ3) is 3.33. The van der Waals surface area contributed by atoms with E-state index >= 15 is 0 Å². The Balaban J connectivity index is 2.09. The summed E-state index contributed by atoms with van der Waals surface area (Å²) in [5.41, 5.74) is -0.391. The van der Waals surface area contributed by atoms with Crippen molar-refractivity contribution >= 4 is 10.2 Å². The van der Waals surface area contributed by atoms with E-state index in [0.29, 0.717) is 26.2 Å². The molecule has 2 fully saturated rings. The average Bonchev–Trinajstić information content (AvgIpc) is 2.47. The molecule has 0 aliphatic carbocycles. The van der Waals surface area contributed by atoms with Gasteiger partial charge in [0.2, 0.25) is 0 Å². The summed E-state index contributed by atoms with van der Waals surface area (Å²) in [6.07, 6.45) is 3.42. The van der Waals surface area contributed by atoms with Crippen LogP contribution in [0.2, 0.25) is 0 Å². The van der Waals surface area contributed by atoms with E-state index in [2.05, 4.69) is 0 Å². The Hall–Kier alpha value is -0.210. The van der Waals surface area contributed by atoms with Crippen molar-refractivity contribution < 1.29 is 18.3 Å². The van der Waals surface area contributed by atoms with Crippen LogP contribution in [0.25, 0.3) is 0 Å².